The fraction of sp³-hybridized carbons (Fsp3) is 0.562. The molecule has 1 aromatic rings. The quantitative estimate of drug-likeness (QED) is 0.883. The Bertz CT molecular complexity index is 435. The van der Waals surface area contributed by atoms with Gasteiger partial charge in [0, 0.05) is 18.5 Å². The molecule has 3 heteroatoms. The number of benzene rings is 1. The molecule has 2 saturated heterocycles. The zero-order valence-corrected chi connectivity index (χ0v) is 11.4. The highest BCUT2D eigenvalue weighted by atomic mass is 16.2. The normalized spacial score (nSPS) is 27.8. The molecule has 1 N–H and O–H groups in total. The molecule has 1 unspecified atom stereocenters. The summed E-state index contributed by atoms with van der Waals surface area (Å²) in [6, 6.07) is 10.4. The fourth-order valence-electron chi connectivity index (χ4n) is 3.53. The minimum Gasteiger partial charge on any atom is -0.333 e. The van der Waals surface area contributed by atoms with Gasteiger partial charge in [-0.3, -0.25) is 4.79 Å². The van der Waals surface area contributed by atoms with Gasteiger partial charge in [0.15, 0.2) is 0 Å². The largest absolute Gasteiger partial charge is 0.333 e. The number of rotatable bonds is 2. The number of nitrogens with zero attached hydrogens (tertiary/aromatic N) is 1. The average molecular weight is 258 g/mol. The number of hydrogen-bond acceptors (Lipinski definition) is 2. The molecule has 2 heterocycles. The Morgan fingerprint density at radius 1 is 1.11 bits per heavy atom. The van der Waals surface area contributed by atoms with Crippen molar-refractivity contribution in [3.8, 4) is 0 Å². The predicted octanol–water partition coefficient (Wildman–Crippen LogP) is 2.32. The van der Waals surface area contributed by atoms with Gasteiger partial charge in [-0.1, -0.05) is 30.3 Å². The Morgan fingerprint density at radius 3 is 2.79 bits per heavy atom. The lowest BCUT2D eigenvalue weighted by molar-refractivity contribution is -0.132. The molecule has 3 rings (SSSR count). The Hall–Kier alpha value is -1.35. The summed E-state index contributed by atoms with van der Waals surface area (Å²) < 4.78 is 0. The van der Waals surface area contributed by atoms with Crippen LogP contribution in [0.5, 0.6) is 0 Å². The monoisotopic (exact) mass is 258 g/mol. The van der Waals surface area contributed by atoms with Crippen molar-refractivity contribution in [2.24, 2.45) is 0 Å². The maximum Gasteiger partial charge on any atom is 0.223 e. The van der Waals surface area contributed by atoms with E-state index in [1.54, 1.807) is 0 Å². The molecule has 1 amide bonds. The van der Waals surface area contributed by atoms with Gasteiger partial charge in [0.05, 0.1) is 0 Å². The van der Waals surface area contributed by atoms with Gasteiger partial charge < -0.3 is 10.2 Å². The van der Waals surface area contributed by atoms with E-state index in [0.717, 1.165) is 45.3 Å². The molecular weight excluding hydrogens is 236 g/mol. The second-order valence-electron chi connectivity index (χ2n) is 5.79. The highest BCUT2D eigenvalue weighted by Crippen LogP contribution is 2.39. The second-order valence-corrected chi connectivity index (χ2v) is 5.79. The number of nitrogens with one attached hydrogen (secondary N) is 1. The molecular formula is C16H22N2O. The SMILES string of the molecule is O=C1CCC2(CCCNCC2)N1Cc1ccccc1. The smallest absolute Gasteiger partial charge is 0.223 e. The van der Waals surface area contributed by atoms with E-state index in [-0.39, 0.29) is 5.54 Å². The molecule has 102 valence electrons. The first-order valence-electron chi connectivity index (χ1n) is 7.35. The average Bonchev–Trinajstić information content (AvgIpc) is 2.64. The Labute approximate surface area is 115 Å². The Morgan fingerprint density at radius 2 is 1.95 bits per heavy atom. The van der Waals surface area contributed by atoms with Crippen molar-refractivity contribution in [2.75, 3.05) is 13.1 Å². The molecule has 2 fully saturated rings. The van der Waals surface area contributed by atoms with Crippen molar-refractivity contribution in [3.63, 3.8) is 0 Å². The third kappa shape index (κ3) is 2.52. The van der Waals surface area contributed by atoms with E-state index < -0.39 is 0 Å². The first-order chi connectivity index (χ1) is 9.30. The lowest BCUT2D eigenvalue weighted by Gasteiger charge is -2.38. The number of carbonyl (C=O) groups excluding carboxylic acids is 1. The molecule has 1 atom stereocenters. The molecule has 1 aromatic carbocycles. The fourth-order valence-corrected chi connectivity index (χ4v) is 3.53. The maximum atomic E-state index is 12.3. The van der Waals surface area contributed by atoms with Gasteiger partial charge >= 0.3 is 0 Å². The third-order valence-corrected chi connectivity index (χ3v) is 4.62. The summed E-state index contributed by atoms with van der Waals surface area (Å²) in [7, 11) is 0. The molecule has 0 aliphatic carbocycles. The van der Waals surface area contributed by atoms with Crippen LogP contribution in [0.1, 0.15) is 37.7 Å². The topological polar surface area (TPSA) is 32.3 Å². The van der Waals surface area contributed by atoms with Crippen LogP contribution in [0.4, 0.5) is 0 Å². The van der Waals surface area contributed by atoms with Crippen LogP contribution in [0.3, 0.4) is 0 Å². The van der Waals surface area contributed by atoms with E-state index in [0.29, 0.717) is 5.91 Å². The van der Waals surface area contributed by atoms with Gasteiger partial charge in [-0.25, -0.2) is 0 Å². The van der Waals surface area contributed by atoms with Crippen molar-refractivity contribution in [1.29, 1.82) is 0 Å². The van der Waals surface area contributed by atoms with E-state index in [1.165, 1.54) is 12.0 Å². The first kappa shape index (κ1) is 12.7. The van der Waals surface area contributed by atoms with Crippen LogP contribution in [0.2, 0.25) is 0 Å². The van der Waals surface area contributed by atoms with Crippen LogP contribution < -0.4 is 5.32 Å². The summed E-state index contributed by atoms with van der Waals surface area (Å²) in [5, 5.41) is 3.46. The number of amides is 1. The summed E-state index contributed by atoms with van der Waals surface area (Å²) >= 11 is 0. The Kier molecular flexibility index (Phi) is 3.56. The predicted molar refractivity (Wildman–Crippen MR) is 75.7 cm³/mol. The molecule has 0 aromatic heterocycles. The molecule has 0 radical (unpaired) electrons. The Balaban J connectivity index is 1.81. The van der Waals surface area contributed by atoms with Crippen molar-refractivity contribution in [1.82, 2.24) is 10.2 Å². The molecule has 1 spiro atoms. The second kappa shape index (κ2) is 5.33. The summed E-state index contributed by atoms with van der Waals surface area (Å²) in [4.78, 5) is 14.4. The minimum atomic E-state index is 0.121. The third-order valence-electron chi connectivity index (χ3n) is 4.62. The van der Waals surface area contributed by atoms with Gasteiger partial charge in [-0.2, -0.15) is 0 Å². The van der Waals surface area contributed by atoms with Gasteiger partial charge in [0.1, 0.15) is 0 Å². The van der Waals surface area contributed by atoms with Gasteiger partial charge in [0.25, 0.3) is 0 Å². The molecule has 2 aliphatic heterocycles. The number of hydrogen-bond donors (Lipinski definition) is 1. The minimum absolute atomic E-state index is 0.121. The zero-order valence-electron chi connectivity index (χ0n) is 11.4. The molecule has 0 saturated carbocycles. The standard InChI is InChI=1S/C16H22N2O/c19-15-7-9-16(8-4-11-17-12-10-16)18(15)13-14-5-2-1-3-6-14/h1-3,5-6,17H,4,7-13H2. The van der Waals surface area contributed by atoms with Crippen molar-refractivity contribution >= 4 is 5.91 Å². The first-order valence-corrected chi connectivity index (χ1v) is 7.35. The van der Waals surface area contributed by atoms with E-state index >= 15 is 0 Å². The van der Waals surface area contributed by atoms with Crippen LogP contribution in [-0.2, 0) is 11.3 Å². The highest BCUT2D eigenvalue weighted by Gasteiger charge is 2.44. The van der Waals surface area contributed by atoms with E-state index in [2.05, 4.69) is 34.5 Å². The van der Waals surface area contributed by atoms with E-state index in [1.807, 2.05) is 6.07 Å². The van der Waals surface area contributed by atoms with Gasteiger partial charge in [0.2, 0.25) is 5.91 Å². The number of likely N-dealkylation sites (tertiary alicyclic amines) is 1. The zero-order chi connectivity index (χ0) is 13.1. The summed E-state index contributed by atoms with van der Waals surface area (Å²) in [6.45, 7) is 2.91. The van der Waals surface area contributed by atoms with Crippen molar-refractivity contribution < 1.29 is 4.79 Å². The molecule has 2 aliphatic rings. The van der Waals surface area contributed by atoms with Crippen LogP contribution in [0.25, 0.3) is 0 Å². The van der Waals surface area contributed by atoms with Crippen LogP contribution in [-0.4, -0.2) is 29.4 Å². The van der Waals surface area contributed by atoms with Gasteiger partial charge in [-0.05, 0) is 44.3 Å². The molecule has 0 bridgehead atoms. The highest BCUT2D eigenvalue weighted by molar-refractivity contribution is 5.79. The summed E-state index contributed by atoms with van der Waals surface area (Å²) in [6.07, 6.45) is 5.20. The van der Waals surface area contributed by atoms with E-state index in [9.17, 15) is 4.79 Å². The summed E-state index contributed by atoms with van der Waals surface area (Å²) in [5.74, 6) is 0.339. The van der Waals surface area contributed by atoms with Crippen molar-refractivity contribution in [3.05, 3.63) is 35.9 Å². The van der Waals surface area contributed by atoms with Crippen LogP contribution in [0, 0.1) is 0 Å². The van der Waals surface area contributed by atoms with E-state index in [4.69, 9.17) is 0 Å². The van der Waals surface area contributed by atoms with Gasteiger partial charge in [-0.15, -0.1) is 0 Å². The summed E-state index contributed by atoms with van der Waals surface area (Å²) in [5.41, 5.74) is 1.37. The maximum absolute atomic E-state index is 12.3. The van der Waals surface area contributed by atoms with Crippen LogP contribution in [0.15, 0.2) is 30.3 Å². The lowest BCUT2D eigenvalue weighted by atomic mass is 9.87. The molecule has 3 nitrogen and oxygen atoms in total. The van der Waals surface area contributed by atoms with Crippen molar-refractivity contribution in [2.45, 2.75) is 44.2 Å². The molecule has 19 heavy (non-hydrogen) atoms. The number of carbonyl (C=O) groups is 1. The van der Waals surface area contributed by atoms with Crippen LogP contribution >= 0.6 is 0 Å². The lowest BCUT2D eigenvalue weighted by Crippen LogP contribution is -2.45.